The van der Waals surface area contributed by atoms with E-state index in [0.29, 0.717) is 11.8 Å². The maximum atomic E-state index is 12.3. The van der Waals surface area contributed by atoms with E-state index in [-0.39, 0.29) is 18.5 Å². The molecule has 20 heavy (non-hydrogen) atoms. The van der Waals surface area contributed by atoms with E-state index in [4.69, 9.17) is 5.11 Å². The predicted molar refractivity (Wildman–Crippen MR) is 78.7 cm³/mol. The molecule has 1 unspecified atom stereocenters. The summed E-state index contributed by atoms with van der Waals surface area (Å²) in [6.07, 6.45) is 4.71. The number of aliphatic carboxylic acids is 1. The van der Waals surface area contributed by atoms with Gasteiger partial charge in [0, 0.05) is 19.1 Å². The van der Waals surface area contributed by atoms with Crippen molar-refractivity contribution < 1.29 is 14.7 Å². The summed E-state index contributed by atoms with van der Waals surface area (Å²) in [5, 5.41) is 11.8. The second kappa shape index (κ2) is 7.50. The van der Waals surface area contributed by atoms with Gasteiger partial charge in [0.2, 0.25) is 0 Å². The van der Waals surface area contributed by atoms with E-state index in [2.05, 4.69) is 19.2 Å². The molecule has 1 saturated heterocycles. The number of carbonyl (C=O) groups excluding carboxylic acids is 1. The molecule has 2 amide bonds. The van der Waals surface area contributed by atoms with Gasteiger partial charge in [0.05, 0.1) is 6.42 Å². The molecule has 5 heteroatoms. The van der Waals surface area contributed by atoms with Gasteiger partial charge in [0.25, 0.3) is 0 Å². The van der Waals surface area contributed by atoms with Gasteiger partial charge >= 0.3 is 12.0 Å². The van der Waals surface area contributed by atoms with Gasteiger partial charge in [-0.15, -0.1) is 0 Å². The fourth-order valence-electron chi connectivity index (χ4n) is 2.68. The zero-order valence-corrected chi connectivity index (χ0v) is 12.9. The Kier molecular flexibility index (Phi) is 6.30. The monoisotopic (exact) mass is 284 g/mol. The number of hydrogen-bond acceptors (Lipinski definition) is 2. The average molecular weight is 284 g/mol. The fourth-order valence-corrected chi connectivity index (χ4v) is 2.68. The molecule has 5 nitrogen and oxygen atoms in total. The van der Waals surface area contributed by atoms with Gasteiger partial charge in [-0.3, -0.25) is 4.79 Å². The van der Waals surface area contributed by atoms with Crippen LogP contribution in [0.25, 0.3) is 0 Å². The summed E-state index contributed by atoms with van der Waals surface area (Å²) >= 11 is 0. The van der Waals surface area contributed by atoms with Crippen molar-refractivity contribution in [2.45, 2.75) is 65.3 Å². The molecule has 116 valence electrons. The number of nitrogens with zero attached hydrogens (tertiary/aromatic N) is 1. The first-order valence-corrected chi connectivity index (χ1v) is 7.61. The minimum Gasteiger partial charge on any atom is -0.481 e. The molecule has 1 rings (SSSR count). The van der Waals surface area contributed by atoms with Crippen molar-refractivity contribution in [3.05, 3.63) is 0 Å². The molecule has 1 fully saturated rings. The molecule has 1 aliphatic rings. The highest BCUT2D eigenvalue weighted by molar-refractivity contribution is 5.76. The van der Waals surface area contributed by atoms with Crippen LogP contribution < -0.4 is 5.32 Å². The lowest BCUT2D eigenvalue weighted by molar-refractivity contribution is -0.137. The maximum Gasteiger partial charge on any atom is 0.317 e. The largest absolute Gasteiger partial charge is 0.481 e. The van der Waals surface area contributed by atoms with E-state index in [1.807, 2.05) is 11.8 Å². The number of hydrogen-bond donors (Lipinski definition) is 2. The zero-order valence-electron chi connectivity index (χ0n) is 12.9. The molecule has 0 spiro atoms. The first-order valence-electron chi connectivity index (χ1n) is 7.61. The summed E-state index contributed by atoms with van der Waals surface area (Å²) in [6.45, 7) is 7.98. The summed E-state index contributed by atoms with van der Waals surface area (Å²) in [6, 6.07) is -0.372. The number of rotatable bonds is 5. The highest BCUT2D eigenvalue weighted by Crippen LogP contribution is 2.29. The number of carbonyl (C=O) groups is 2. The first-order chi connectivity index (χ1) is 9.34. The standard InChI is InChI=1S/C15H28N2O3/c1-4-6-12(11-13(18)19)16-14(20)17-9-5-7-15(2,3)8-10-17/h12H,4-11H2,1-3H3,(H,16,20)(H,18,19). The molecule has 0 aromatic heterocycles. The van der Waals surface area contributed by atoms with Crippen molar-refractivity contribution in [3.63, 3.8) is 0 Å². The predicted octanol–water partition coefficient (Wildman–Crippen LogP) is 2.85. The molecule has 0 aromatic rings. The Hall–Kier alpha value is -1.26. The summed E-state index contributed by atoms with van der Waals surface area (Å²) in [5.74, 6) is -0.860. The van der Waals surface area contributed by atoms with E-state index in [1.165, 1.54) is 0 Å². The van der Waals surface area contributed by atoms with Crippen molar-refractivity contribution in [2.75, 3.05) is 13.1 Å². The SMILES string of the molecule is CCCC(CC(=O)O)NC(=O)N1CCCC(C)(C)CC1. The molecule has 0 saturated carbocycles. The van der Waals surface area contributed by atoms with Crippen molar-refractivity contribution >= 4 is 12.0 Å². The van der Waals surface area contributed by atoms with E-state index in [0.717, 1.165) is 38.8 Å². The number of carboxylic acid groups (broad SMARTS) is 1. The highest BCUT2D eigenvalue weighted by Gasteiger charge is 2.26. The smallest absolute Gasteiger partial charge is 0.317 e. The number of amides is 2. The average Bonchev–Trinajstić information content (AvgIpc) is 2.49. The number of carboxylic acids is 1. The summed E-state index contributed by atoms with van der Waals surface area (Å²) in [7, 11) is 0. The van der Waals surface area contributed by atoms with Gasteiger partial charge in [-0.25, -0.2) is 4.79 Å². The number of urea groups is 1. The van der Waals surface area contributed by atoms with Gasteiger partial charge in [0.15, 0.2) is 0 Å². The van der Waals surface area contributed by atoms with E-state index >= 15 is 0 Å². The molecule has 1 atom stereocenters. The van der Waals surface area contributed by atoms with Gasteiger partial charge in [-0.2, -0.15) is 0 Å². The van der Waals surface area contributed by atoms with Crippen molar-refractivity contribution in [3.8, 4) is 0 Å². The van der Waals surface area contributed by atoms with Crippen LogP contribution in [0.1, 0.15) is 59.3 Å². The number of likely N-dealkylation sites (tertiary alicyclic amines) is 1. The lowest BCUT2D eigenvalue weighted by atomic mass is 9.85. The second-order valence-corrected chi connectivity index (χ2v) is 6.54. The highest BCUT2D eigenvalue weighted by atomic mass is 16.4. The molecular formula is C15H28N2O3. The topological polar surface area (TPSA) is 69.6 Å². The van der Waals surface area contributed by atoms with Crippen LogP contribution in [0.15, 0.2) is 0 Å². The Bertz CT molecular complexity index is 342. The lowest BCUT2D eigenvalue weighted by Crippen LogP contribution is -2.46. The Labute approximate surface area is 121 Å². The van der Waals surface area contributed by atoms with Crippen LogP contribution in [-0.4, -0.2) is 41.1 Å². The van der Waals surface area contributed by atoms with Crippen LogP contribution in [-0.2, 0) is 4.79 Å². The van der Waals surface area contributed by atoms with Crippen LogP contribution in [0.3, 0.4) is 0 Å². The van der Waals surface area contributed by atoms with Crippen molar-refractivity contribution in [1.29, 1.82) is 0 Å². The third-order valence-electron chi connectivity index (χ3n) is 4.01. The Balaban J connectivity index is 2.53. The lowest BCUT2D eigenvalue weighted by Gasteiger charge is -2.26. The minimum absolute atomic E-state index is 0.00108. The second-order valence-electron chi connectivity index (χ2n) is 6.54. The fraction of sp³-hybridized carbons (Fsp3) is 0.867. The Morgan fingerprint density at radius 1 is 1.30 bits per heavy atom. The van der Waals surface area contributed by atoms with Crippen LogP contribution >= 0.6 is 0 Å². The zero-order chi connectivity index (χ0) is 15.2. The van der Waals surface area contributed by atoms with E-state index in [9.17, 15) is 9.59 Å². The minimum atomic E-state index is -0.860. The molecule has 0 aromatic carbocycles. The quantitative estimate of drug-likeness (QED) is 0.815. The van der Waals surface area contributed by atoms with Crippen molar-refractivity contribution in [1.82, 2.24) is 10.2 Å². The first kappa shape index (κ1) is 16.8. The summed E-state index contributed by atoms with van der Waals surface area (Å²) < 4.78 is 0. The normalized spacial score (nSPS) is 20.1. The van der Waals surface area contributed by atoms with Crippen molar-refractivity contribution in [2.24, 2.45) is 5.41 Å². The molecule has 0 aliphatic carbocycles. The third-order valence-corrected chi connectivity index (χ3v) is 4.01. The van der Waals surface area contributed by atoms with Gasteiger partial charge in [0.1, 0.15) is 0 Å². The Morgan fingerprint density at radius 3 is 2.60 bits per heavy atom. The summed E-state index contributed by atoms with van der Waals surface area (Å²) in [5.41, 5.74) is 0.291. The summed E-state index contributed by atoms with van der Waals surface area (Å²) in [4.78, 5) is 24.9. The van der Waals surface area contributed by atoms with Gasteiger partial charge in [-0.1, -0.05) is 27.2 Å². The third kappa shape index (κ3) is 5.80. The van der Waals surface area contributed by atoms with Gasteiger partial charge < -0.3 is 15.3 Å². The molecule has 1 aliphatic heterocycles. The molecule has 0 bridgehead atoms. The number of nitrogens with one attached hydrogen (secondary N) is 1. The van der Waals surface area contributed by atoms with Gasteiger partial charge in [-0.05, 0) is 31.1 Å². The molecule has 1 heterocycles. The molecule has 0 radical (unpaired) electrons. The Morgan fingerprint density at radius 2 is 2.00 bits per heavy atom. The molecular weight excluding hydrogens is 256 g/mol. The van der Waals surface area contributed by atoms with Crippen LogP contribution in [0, 0.1) is 5.41 Å². The maximum absolute atomic E-state index is 12.3. The van der Waals surface area contributed by atoms with E-state index in [1.54, 1.807) is 0 Å². The van der Waals surface area contributed by atoms with Crippen LogP contribution in [0.5, 0.6) is 0 Å². The van der Waals surface area contributed by atoms with Crippen LogP contribution in [0.4, 0.5) is 4.79 Å². The van der Waals surface area contributed by atoms with E-state index < -0.39 is 5.97 Å². The molecule has 2 N–H and O–H groups in total. The van der Waals surface area contributed by atoms with Crippen LogP contribution in [0.2, 0.25) is 0 Å².